The number of halogens is 1. The maximum atomic E-state index is 6.62. The standard InChI is InChI=1S/C18H25Cl/c1-12-13(2)17(18(4,5)14(12)3)15-10-8-6-7-9-11-16(15)19/h6-7H,8-11H2,1-5H3. The molecule has 0 spiro atoms. The number of hydrogen-bond acceptors (Lipinski definition) is 0. The molecule has 0 aromatic rings. The van der Waals surface area contributed by atoms with Crippen molar-refractivity contribution >= 4 is 11.6 Å². The van der Waals surface area contributed by atoms with Crippen molar-refractivity contribution in [1.82, 2.24) is 0 Å². The third-order valence-electron chi connectivity index (χ3n) is 4.95. The Hall–Kier alpha value is -0.750. The van der Waals surface area contributed by atoms with Gasteiger partial charge in [-0.2, -0.15) is 0 Å². The number of hydrogen-bond donors (Lipinski definition) is 0. The van der Waals surface area contributed by atoms with Crippen LogP contribution >= 0.6 is 11.6 Å². The zero-order valence-corrected chi connectivity index (χ0v) is 13.6. The highest BCUT2D eigenvalue weighted by Gasteiger charge is 2.36. The van der Waals surface area contributed by atoms with Crippen LogP contribution < -0.4 is 0 Å². The highest BCUT2D eigenvalue weighted by Crippen LogP contribution is 2.51. The van der Waals surface area contributed by atoms with E-state index >= 15 is 0 Å². The molecule has 0 aromatic carbocycles. The molecule has 0 atom stereocenters. The second-order valence-electron chi connectivity index (χ2n) is 6.31. The fourth-order valence-corrected chi connectivity index (χ4v) is 3.72. The monoisotopic (exact) mass is 276 g/mol. The molecule has 0 fully saturated rings. The number of rotatable bonds is 1. The van der Waals surface area contributed by atoms with Crippen molar-refractivity contribution in [3.8, 4) is 0 Å². The molecule has 2 aliphatic carbocycles. The molecule has 19 heavy (non-hydrogen) atoms. The van der Waals surface area contributed by atoms with E-state index in [2.05, 4.69) is 46.8 Å². The van der Waals surface area contributed by atoms with Crippen molar-refractivity contribution in [2.75, 3.05) is 0 Å². The van der Waals surface area contributed by atoms with Crippen molar-refractivity contribution in [3.63, 3.8) is 0 Å². The molecule has 0 aliphatic heterocycles. The Morgan fingerprint density at radius 3 is 2.05 bits per heavy atom. The van der Waals surface area contributed by atoms with Crippen molar-refractivity contribution in [2.45, 2.75) is 60.3 Å². The van der Waals surface area contributed by atoms with Gasteiger partial charge in [0, 0.05) is 10.4 Å². The van der Waals surface area contributed by atoms with Crippen LogP contribution in [0, 0.1) is 5.41 Å². The Morgan fingerprint density at radius 1 is 0.947 bits per heavy atom. The van der Waals surface area contributed by atoms with E-state index < -0.39 is 0 Å². The summed E-state index contributed by atoms with van der Waals surface area (Å²) in [7, 11) is 0. The molecule has 0 unspecified atom stereocenters. The minimum Gasteiger partial charge on any atom is -0.0888 e. The average molecular weight is 277 g/mol. The minimum atomic E-state index is 0.131. The summed E-state index contributed by atoms with van der Waals surface area (Å²) < 4.78 is 0. The zero-order chi connectivity index (χ0) is 14.2. The topological polar surface area (TPSA) is 0 Å². The van der Waals surface area contributed by atoms with Gasteiger partial charge in [-0.1, -0.05) is 43.2 Å². The predicted octanol–water partition coefficient (Wildman–Crippen LogP) is 6.30. The average Bonchev–Trinajstić information content (AvgIpc) is 2.48. The van der Waals surface area contributed by atoms with E-state index in [1.807, 2.05) is 0 Å². The molecule has 1 heteroatoms. The lowest BCUT2D eigenvalue weighted by atomic mass is 9.76. The lowest BCUT2D eigenvalue weighted by Crippen LogP contribution is -2.16. The molecule has 0 saturated carbocycles. The molecule has 0 radical (unpaired) electrons. The van der Waals surface area contributed by atoms with E-state index in [-0.39, 0.29) is 5.41 Å². The summed E-state index contributed by atoms with van der Waals surface area (Å²) in [6, 6.07) is 0. The SMILES string of the molecule is CC1=C(C)C(C)(C)C(C2=C(Cl)CCC=CCC2)=C1C. The van der Waals surface area contributed by atoms with Gasteiger partial charge >= 0.3 is 0 Å². The van der Waals surface area contributed by atoms with E-state index in [1.165, 1.54) is 27.9 Å². The quantitative estimate of drug-likeness (QED) is 0.493. The van der Waals surface area contributed by atoms with Crippen molar-refractivity contribution < 1.29 is 0 Å². The van der Waals surface area contributed by atoms with Gasteiger partial charge < -0.3 is 0 Å². The van der Waals surface area contributed by atoms with Gasteiger partial charge in [0.2, 0.25) is 0 Å². The third kappa shape index (κ3) is 2.48. The molecule has 2 rings (SSSR count). The van der Waals surface area contributed by atoms with Crippen LogP contribution in [0.1, 0.15) is 60.3 Å². The van der Waals surface area contributed by atoms with Gasteiger partial charge in [0.25, 0.3) is 0 Å². The van der Waals surface area contributed by atoms with Gasteiger partial charge in [-0.3, -0.25) is 0 Å². The second kappa shape index (κ2) is 5.32. The largest absolute Gasteiger partial charge is 0.0888 e. The van der Waals surface area contributed by atoms with Crippen LogP contribution in [0.15, 0.2) is 45.0 Å². The molecule has 0 nitrogen and oxygen atoms in total. The van der Waals surface area contributed by atoms with E-state index in [9.17, 15) is 0 Å². The molecule has 0 saturated heterocycles. The van der Waals surface area contributed by atoms with Crippen LogP contribution in [0.4, 0.5) is 0 Å². The van der Waals surface area contributed by atoms with E-state index in [1.54, 1.807) is 0 Å². The maximum absolute atomic E-state index is 6.62. The molecule has 0 amide bonds. The van der Waals surface area contributed by atoms with Crippen molar-refractivity contribution in [1.29, 1.82) is 0 Å². The van der Waals surface area contributed by atoms with Crippen LogP contribution in [0.5, 0.6) is 0 Å². The summed E-state index contributed by atoms with van der Waals surface area (Å²) in [5.41, 5.74) is 7.42. The first-order chi connectivity index (χ1) is 8.87. The Morgan fingerprint density at radius 2 is 1.53 bits per heavy atom. The molecule has 0 bridgehead atoms. The highest BCUT2D eigenvalue weighted by atomic mass is 35.5. The van der Waals surface area contributed by atoms with Crippen molar-refractivity contribution in [2.24, 2.45) is 5.41 Å². The summed E-state index contributed by atoms with van der Waals surface area (Å²) >= 11 is 6.62. The Bertz CT molecular complexity index is 510. The Kier molecular flexibility index (Phi) is 4.11. The minimum absolute atomic E-state index is 0.131. The first-order valence-electron chi connectivity index (χ1n) is 7.30. The van der Waals surface area contributed by atoms with Crippen LogP contribution in [-0.2, 0) is 0 Å². The van der Waals surface area contributed by atoms with Gasteiger partial charge in [0.1, 0.15) is 0 Å². The number of allylic oxidation sites excluding steroid dienone is 8. The normalized spacial score (nSPS) is 24.1. The summed E-state index contributed by atoms with van der Waals surface area (Å²) in [5.74, 6) is 0. The van der Waals surface area contributed by atoms with E-state index in [4.69, 9.17) is 11.6 Å². The molecule has 104 valence electrons. The van der Waals surface area contributed by atoms with Crippen LogP contribution in [0.25, 0.3) is 0 Å². The molecule has 0 N–H and O–H groups in total. The Balaban J connectivity index is 2.49. The van der Waals surface area contributed by atoms with Crippen LogP contribution in [0.3, 0.4) is 0 Å². The van der Waals surface area contributed by atoms with Gasteiger partial charge in [-0.15, -0.1) is 0 Å². The van der Waals surface area contributed by atoms with E-state index in [0.717, 1.165) is 30.7 Å². The Labute approximate surface area is 122 Å². The zero-order valence-electron chi connectivity index (χ0n) is 12.9. The molecule has 0 aromatic heterocycles. The van der Waals surface area contributed by atoms with Gasteiger partial charge in [0.05, 0.1) is 0 Å². The van der Waals surface area contributed by atoms with E-state index in [0.29, 0.717) is 0 Å². The predicted molar refractivity (Wildman–Crippen MR) is 85.3 cm³/mol. The van der Waals surface area contributed by atoms with Gasteiger partial charge in [-0.05, 0) is 68.7 Å². The van der Waals surface area contributed by atoms with Crippen molar-refractivity contribution in [3.05, 3.63) is 45.0 Å². The van der Waals surface area contributed by atoms with Gasteiger partial charge in [-0.25, -0.2) is 0 Å². The highest BCUT2D eigenvalue weighted by molar-refractivity contribution is 6.30. The molecular weight excluding hydrogens is 252 g/mol. The fraction of sp³-hybridized carbons (Fsp3) is 0.556. The lowest BCUT2D eigenvalue weighted by Gasteiger charge is -2.29. The molecular formula is C18H25Cl. The summed E-state index contributed by atoms with van der Waals surface area (Å²) in [5, 5.41) is 1.08. The fourth-order valence-electron chi connectivity index (χ4n) is 3.42. The second-order valence-corrected chi connectivity index (χ2v) is 6.76. The third-order valence-corrected chi connectivity index (χ3v) is 5.37. The lowest BCUT2D eigenvalue weighted by molar-refractivity contribution is 0.547. The first-order valence-corrected chi connectivity index (χ1v) is 7.67. The van der Waals surface area contributed by atoms with Crippen LogP contribution in [-0.4, -0.2) is 0 Å². The maximum Gasteiger partial charge on any atom is 0.0219 e. The smallest absolute Gasteiger partial charge is 0.0219 e. The first kappa shape index (κ1) is 14.7. The molecule has 0 heterocycles. The summed E-state index contributed by atoms with van der Waals surface area (Å²) in [6.07, 6.45) is 8.80. The summed E-state index contributed by atoms with van der Waals surface area (Å²) in [4.78, 5) is 0. The summed E-state index contributed by atoms with van der Waals surface area (Å²) in [6.45, 7) is 11.4. The van der Waals surface area contributed by atoms with Crippen LogP contribution in [0.2, 0.25) is 0 Å². The molecule has 2 aliphatic rings. The van der Waals surface area contributed by atoms with Gasteiger partial charge in [0.15, 0.2) is 0 Å².